The molecule has 0 unspecified atom stereocenters. The summed E-state index contributed by atoms with van der Waals surface area (Å²) in [5.74, 6) is 0. The van der Waals surface area contributed by atoms with Crippen molar-refractivity contribution in [3.63, 3.8) is 0 Å². The summed E-state index contributed by atoms with van der Waals surface area (Å²) < 4.78 is 3.92. The smallest absolute Gasteiger partial charge is 0.263 e. The molecule has 2 atom stereocenters. The fourth-order valence-corrected chi connectivity index (χ4v) is 3.17. The number of aliphatic hydroxyl groups is 1. The molecular weight excluding hydrogens is 366 g/mol. The molecule has 3 aromatic heterocycles. The zero-order valence-corrected chi connectivity index (χ0v) is 17.4. The Labute approximate surface area is 170 Å². The maximum absolute atomic E-state index is 9.67. The highest BCUT2D eigenvalue weighted by atomic mass is 16.3. The van der Waals surface area contributed by atoms with Gasteiger partial charge in [-0.05, 0) is 26.7 Å². The van der Waals surface area contributed by atoms with Crippen molar-refractivity contribution in [3.05, 3.63) is 42.7 Å². The van der Waals surface area contributed by atoms with Crippen LogP contribution in [0.15, 0.2) is 42.0 Å². The quantitative estimate of drug-likeness (QED) is 0.401. The number of aromatic nitrogens is 5. The molecule has 0 spiro atoms. The molecule has 0 aliphatic heterocycles. The average molecular weight is 397 g/mol. The Bertz CT molecular complexity index is 1010. The summed E-state index contributed by atoms with van der Waals surface area (Å²) >= 11 is 0. The molecule has 0 aliphatic carbocycles. The van der Waals surface area contributed by atoms with E-state index in [1.165, 1.54) is 6.20 Å². The van der Waals surface area contributed by atoms with Crippen LogP contribution < -0.4 is 10.2 Å². The highest BCUT2D eigenvalue weighted by Crippen LogP contribution is 2.24. The number of aromatic amines is 1. The van der Waals surface area contributed by atoms with Crippen LogP contribution in [0.2, 0.25) is 0 Å². The molecule has 0 amide bonds. The second-order valence-corrected chi connectivity index (χ2v) is 7.25. The number of allylic oxidation sites excluding steroid dienone is 1. The summed E-state index contributed by atoms with van der Waals surface area (Å²) in [5.41, 5.74) is 9.93. The van der Waals surface area contributed by atoms with E-state index >= 15 is 0 Å². The van der Waals surface area contributed by atoms with Gasteiger partial charge in [-0.3, -0.25) is 9.67 Å². The van der Waals surface area contributed by atoms with E-state index in [1.54, 1.807) is 13.1 Å². The van der Waals surface area contributed by atoms with Crippen LogP contribution in [-0.4, -0.2) is 43.3 Å². The third kappa shape index (κ3) is 4.37. The number of hydrogen-bond acceptors (Lipinski definition) is 5. The molecule has 0 saturated carbocycles. The van der Waals surface area contributed by atoms with Gasteiger partial charge in [0.25, 0.3) is 5.52 Å². The zero-order valence-electron chi connectivity index (χ0n) is 17.4. The first-order chi connectivity index (χ1) is 14.0. The SMILES string of the molecule is CCC(CC)n1cc(-c2nc(C(C=N[C@H](C)[C@@H](C)O)=CN)c[n+]3[nH]ccc23)cn1. The van der Waals surface area contributed by atoms with Gasteiger partial charge in [-0.15, -0.1) is 0 Å². The van der Waals surface area contributed by atoms with Gasteiger partial charge in [0.15, 0.2) is 0 Å². The van der Waals surface area contributed by atoms with Crippen molar-refractivity contribution in [2.45, 2.75) is 58.7 Å². The molecular formula is C21H30N7O+. The van der Waals surface area contributed by atoms with Gasteiger partial charge in [-0.25, -0.2) is 4.98 Å². The van der Waals surface area contributed by atoms with E-state index in [9.17, 15) is 5.11 Å². The largest absolute Gasteiger partial charge is 0.404 e. The summed E-state index contributed by atoms with van der Waals surface area (Å²) in [5, 5.41) is 17.4. The van der Waals surface area contributed by atoms with Crippen molar-refractivity contribution in [1.82, 2.24) is 19.9 Å². The summed E-state index contributed by atoms with van der Waals surface area (Å²) in [7, 11) is 0. The van der Waals surface area contributed by atoms with Crippen LogP contribution in [-0.2, 0) is 0 Å². The van der Waals surface area contributed by atoms with Crippen molar-refractivity contribution < 1.29 is 9.62 Å². The molecule has 8 heteroatoms. The molecule has 0 bridgehead atoms. The summed E-state index contributed by atoms with van der Waals surface area (Å²) in [4.78, 5) is 9.26. The molecule has 3 aromatic rings. The number of nitrogens with two attached hydrogens (primary N) is 1. The minimum Gasteiger partial charge on any atom is -0.404 e. The molecule has 8 nitrogen and oxygen atoms in total. The number of rotatable bonds is 8. The highest BCUT2D eigenvalue weighted by molar-refractivity contribution is 6.08. The van der Waals surface area contributed by atoms with E-state index in [0.29, 0.717) is 17.3 Å². The van der Waals surface area contributed by atoms with Crippen LogP contribution in [0.1, 0.15) is 52.3 Å². The molecule has 0 aliphatic rings. The predicted molar refractivity (Wildman–Crippen MR) is 114 cm³/mol. The first kappa shape index (κ1) is 20.7. The molecule has 0 radical (unpaired) electrons. The highest BCUT2D eigenvalue weighted by Gasteiger charge is 2.20. The van der Waals surface area contributed by atoms with Gasteiger partial charge < -0.3 is 10.8 Å². The number of nitrogens with zero attached hydrogens (tertiary/aromatic N) is 5. The number of nitrogens with one attached hydrogen (secondary N) is 1. The van der Waals surface area contributed by atoms with Crippen molar-refractivity contribution >= 4 is 17.3 Å². The van der Waals surface area contributed by atoms with Crippen LogP contribution in [0.5, 0.6) is 0 Å². The van der Waals surface area contributed by atoms with Gasteiger partial charge in [-0.1, -0.05) is 18.4 Å². The third-order valence-electron chi connectivity index (χ3n) is 5.25. The molecule has 0 aromatic carbocycles. The lowest BCUT2D eigenvalue weighted by atomic mass is 10.1. The van der Waals surface area contributed by atoms with Gasteiger partial charge in [0.2, 0.25) is 6.20 Å². The van der Waals surface area contributed by atoms with Gasteiger partial charge in [0, 0.05) is 35.8 Å². The molecule has 4 N–H and O–H groups in total. The van der Waals surface area contributed by atoms with E-state index in [2.05, 4.69) is 29.0 Å². The van der Waals surface area contributed by atoms with Crippen molar-refractivity contribution in [2.75, 3.05) is 0 Å². The fraction of sp³-hybridized carbons (Fsp3) is 0.429. The third-order valence-corrected chi connectivity index (χ3v) is 5.25. The molecule has 154 valence electrons. The van der Waals surface area contributed by atoms with E-state index in [-0.39, 0.29) is 6.04 Å². The van der Waals surface area contributed by atoms with E-state index in [0.717, 1.165) is 29.6 Å². The van der Waals surface area contributed by atoms with Gasteiger partial charge in [0.05, 0.1) is 30.6 Å². The fourth-order valence-electron chi connectivity index (χ4n) is 3.17. The van der Waals surface area contributed by atoms with Crippen LogP contribution >= 0.6 is 0 Å². The second-order valence-electron chi connectivity index (χ2n) is 7.25. The topological polar surface area (TPSA) is 109 Å². The minimum absolute atomic E-state index is 0.232. The minimum atomic E-state index is -0.537. The normalized spacial score (nSPS) is 14.9. The molecule has 3 heterocycles. The molecule has 29 heavy (non-hydrogen) atoms. The Morgan fingerprint density at radius 1 is 1.38 bits per heavy atom. The van der Waals surface area contributed by atoms with Crippen LogP contribution in [0.3, 0.4) is 0 Å². The lowest BCUT2D eigenvalue weighted by molar-refractivity contribution is -0.576. The van der Waals surface area contributed by atoms with Gasteiger partial charge in [0.1, 0.15) is 11.4 Å². The number of H-pyrrole nitrogens is 1. The molecule has 0 saturated heterocycles. The summed E-state index contributed by atoms with van der Waals surface area (Å²) in [6.07, 6.45) is 12.3. The first-order valence-corrected chi connectivity index (χ1v) is 10.1. The number of hydrogen-bond donors (Lipinski definition) is 3. The van der Waals surface area contributed by atoms with Crippen molar-refractivity contribution in [2.24, 2.45) is 10.7 Å². The average Bonchev–Trinajstić information content (AvgIpc) is 3.38. The summed E-state index contributed by atoms with van der Waals surface area (Å²) in [6, 6.07) is 2.12. The Morgan fingerprint density at radius 2 is 2.14 bits per heavy atom. The predicted octanol–water partition coefficient (Wildman–Crippen LogP) is 2.51. The number of aliphatic imine (C=N–C) groups is 1. The summed E-state index contributed by atoms with van der Waals surface area (Å²) in [6.45, 7) is 7.90. The zero-order chi connectivity index (χ0) is 21.0. The Hall–Kier alpha value is -3.00. The molecule has 0 fully saturated rings. The van der Waals surface area contributed by atoms with Crippen molar-refractivity contribution in [1.29, 1.82) is 0 Å². The van der Waals surface area contributed by atoms with Crippen LogP contribution in [0, 0.1) is 0 Å². The Kier molecular flexibility index (Phi) is 6.43. The monoisotopic (exact) mass is 396 g/mol. The second kappa shape index (κ2) is 9.00. The van der Waals surface area contributed by atoms with Gasteiger partial charge in [-0.2, -0.15) is 10.2 Å². The van der Waals surface area contributed by atoms with Crippen LogP contribution in [0.4, 0.5) is 0 Å². The van der Waals surface area contributed by atoms with Crippen LogP contribution in [0.25, 0.3) is 22.3 Å². The Balaban J connectivity index is 2.04. The number of fused-ring (bicyclic) bond motifs is 1. The van der Waals surface area contributed by atoms with E-state index in [1.807, 2.05) is 47.0 Å². The standard InChI is InChI=1S/C21H29N7O/c1-5-18(6-2)27-12-17(11-25-27)21-20-7-8-24-28(20)13-19(26-21)16(9-22)10-23-14(3)15(4)29/h7-15,18,29H,5-6H2,1-4H3,(H2,22,23)/p+1/t14-,15-/m1/s1. The maximum atomic E-state index is 9.67. The van der Waals surface area contributed by atoms with Crippen molar-refractivity contribution in [3.8, 4) is 11.3 Å². The molecule has 3 rings (SSSR count). The Morgan fingerprint density at radius 3 is 2.79 bits per heavy atom. The lowest BCUT2D eigenvalue weighted by Crippen LogP contribution is -2.25. The lowest BCUT2D eigenvalue weighted by Gasteiger charge is -2.12. The van der Waals surface area contributed by atoms with E-state index < -0.39 is 6.10 Å². The first-order valence-electron chi connectivity index (χ1n) is 10.1. The van der Waals surface area contributed by atoms with Gasteiger partial charge >= 0.3 is 0 Å². The number of aliphatic hydroxyl groups excluding tert-OH is 1. The maximum Gasteiger partial charge on any atom is 0.263 e. The van der Waals surface area contributed by atoms with E-state index in [4.69, 9.17) is 10.7 Å².